The lowest BCUT2D eigenvalue weighted by molar-refractivity contribution is -0.165. The van der Waals surface area contributed by atoms with Crippen LogP contribution in [0.3, 0.4) is 0 Å². The van der Waals surface area contributed by atoms with E-state index in [9.17, 15) is 24.6 Å². The van der Waals surface area contributed by atoms with Gasteiger partial charge in [0.1, 0.15) is 17.0 Å². The van der Waals surface area contributed by atoms with Gasteiger partial charge in [0.05, 0.1) is 5.41 Å². The van der Waals surface area contributed by atoms with Crippen molar-refractivity contribution in [2.75, 3.05) is 5.32 Å². The van der Waals surface area contributed by atoms with Crippen LogP contribution in [0.5, 0.6) is 11.5 Å². The first kappa shape index (κ1) is 17.1. The van der Waals surface area contributed by atoms with Crippen LogP contribution in [0.1, 0.15) is 44.0 Å². The van der Waals surface area contributed by atoms with Gasteiger partial charge >= 0.3 is 11.9 Å². The summed E-state index contributed by atoms with van der Waals surface area (Å²) in [4.78, 5) is 36.3. The molecule has 1 heterocycles. The normalized spacial score (nSPS) is 29.3. The molecule has 4 N–H and O–H groups in total. The minimum absolute atomic E-state index is 0.300. The molecule has 1 unspecified atom stereocenters. The van der Waals surface area contributed by atoms with Crippen LogP contribution < -0.4 is 5.32 Å². The topological polar surface area (TPSA) is 133 Å². The van der Waals surface area contributed by atoms with E-state index in [1.54, 1.807) is 20.8 Å². The molecule has 1 saturated carbocycles. The lowest BCUT2D eigenvalue weighted by atomic mass is 9.66. The van der Waals surface area contributed by atoms with Crippen molar-refractivity contribution in [3.63, 3.8) is 0 Å². The van der Waals surface area contributed by atoms with Gasteiger partial charge in [0.25, 0.3) is 5.91 Å². The monoisotopic (exact) mass is 349 g/mol. The number of aromatic carboxylic acids is 1. The molecule has 0 radical (unpaired) electrons. The number of aromatic hydroxyl groups is 2. The number of ether oxygens (including phenoxy) is 1. The molecule has 1 aliphatic heterocycles. The van der Waals surface area contributed by atoms with Gasteiger partial charge in [0, 0.05) is 5.41 Å². The van der Waals surface area contributed by atoms with Gasteiger partial charge in [-0.1, -0.05) is 13.8 Å². The third-order valence-electron chi connectivity index (χ3n) is 6.08. The summed E-state index contributed by atoms with van der Waals surface area (Å²) in [6, 6.07) is 2.08. The Hall–Kier alpha value is -2.77. The molecule has 2 atom stereocenters. The number of phenols is 2. The largest absolute Gasteiger partial charge is 0.506 e. The molecule has 3 rings (SSSR count). The zero-order valence-electron chi connectivity index (χ0n) is 14.0. The Morgan fingerprint density at radius 2 is 1.80 bits per heavy atom. The number of carbonyl (C=O) groups excluding carboxylic acids is 2. The smallest absolute Gasteiger partial charge is 0.339 e. The minimum Gasteiger partial charge on any atom is -0.506 e. The van der Waals surface area contributed by atoms with Gasteiger partial charge in [-0.15, -0.1) is 0 Å². The predicted octanol–water partition coefficient (Wildman–Crippen LogP) is 1.86. The first-order chi connectivity index (χ1) is 11.5. The van der Waals surface area contributed by atoms with E-state index >= 15 is 0 Å². The van der Waals surface area contributed by atoms with Gasteiger partial charge in [-0.05, 0) is 31.9 Å². The maximum Gasteiger partial charge on any atom is 0.339 e. The van der Waals surface area contributed by atoms with Crippen LogP contribution in [0.25, 0.3) is 0 Å². The van der Waals surface area contributed by atoms with Gasteiger partial charge in [-0.2, -0.15) is 0 Å². The lowest BCUT2D eigenvalue weighted by Crippen LogP contribution is -2.50. The zero-order chi connectivity index (χ0) is 18.8. The second-order valence-corrected chi connectivity index (χ2v) is 7.29. The van der Waals surface area contributed by atoms with Crippen LogP contribution in [0, 0.1) is 10.8 Å². The van der Waals surface area contributed by atoms with E-state index in [2.05, 4.69) is 5.32 Å². The highest BCUT2D eigenvalue weighted by atomic mass is 16.6. The van der Waals surface area contributed by atoms with E-state index in [1.165, 1.54) is 0 Å². The van der Waals surface area contributed by atoms with Gasteiger partial charge in [0.15, 0.2) is 11.4 Å². The molecule has 8 heteroatoms. The maximum atomic E-state index is 12.9. The maximum absolute atomic E-state index is 12.9. The quantitative estimate of drug-likeness (QED) is 0.483. The molecular weight excluding hydrogens is 330 g/mol. The zero-order valence-corrected chi connectivity index (χ0v) is 14.0. The fourth-order valence-electron chi connectivity index (χ4n) is 3.84. The predicted molar refractivity (Wildman–Crippen MR) is 85.3 cm³/mol. The van der Waals surface area contributed by atoms with E-state index in [0.717, 1.165) is 12.1 Å². The highest BCUT2D eigenvalue weighted by molar-refractivity contribution is 6.06. The van der Waals surface area contributed by atoms with E-state index in [0.29, 0.717) is 12.8 Å². The number of carboxylic acid groups (broad SMARTS) is 1. The summed E-state index contributed by atoms with van der Waals surface area (Å²) in [6.45, 7) is 5.27. The summed E-state index contributed by atoms with van der Waals surface area (Å²) >= 11 is 0. The van der Waals surface area contributed by atoms with E-state index in [4.69, 9.17) is 9.84 Å². The molecule has 1 amide bonds. The number of rotatable bonds is 3. The molecule has 2 aliphatic rings. The van der Waals surface area contributed by atoms with Crippen molar-refractivity contribution in [3.05, 3.63) is 17.7 Å². The molecule has 134 valence electrons. The summed E-state index contributed by atoms with van der Waals surface area (Å²) in [5, 5.41) is 31.4. The number of hydrogen-bond donors (Lipinski definition) is 4. The molecule has 0 aromatic heterocycles. The SMILES string of the molecule is CC12CC[C@](C(=O)Nc3c(O)ccc(C(=O)O)c3O)(OC1=O)C2(C)C. The highest BCUT2D eigenvalue weighted by Crippen LogP contribution is 2.65. The van der Waals surface area contributed by atoms with Crippen LogP contribution in [0.2, 0.25) is 0 Å². The third-order valence-corrected chi connectivity index (χ3v) is 6.08. The van der Waals surface area contributed by atoms with Gasteiger partial charge in [-0.25, -0.2) is 4.79 Å². The van der Waals surface area contributed by atoms with Crippen molar-refractivity contribution < 1.29 is 34.4 Å². The Kier molecular flexibility index (Phi) is 3.33. The first-order valence-corrected chi connectivity index (χ1v) is 7.81. The Bertz CT molecular complexity index is 815. The summed E-state index contributed by atoms with van der Waals surface area (Å²) in [5.41, 5.74) is -3.96. The van der Waals surface area contributed by atoms with E-state index < -0.39 is 57.0 Å². The van der Waals surface area contributed by atoms with Gasteiger partial charge in [0.2, 0.25) is 0 Å². The number of anilines is 1. The van der Waals surface area contributed by atoms with Crippen molar-refractivity contribution in [3.8, 4) is 11.5 Å². The number of carboxylic acids is 1. The first-order valence-electron chi connectivity index (χ1n) is 7.81. The van der Waals surface area contributed by atoms with E-state index in [1.807, 2.05) is 0 Å². The number of nitrogens with one attached hydrogen (secondary N) is 1. The highest BCUT2D eigenvalue weighted by Gasteiger charge is 2.75. The van der Waals surface area contributed by atoms with Crippen LogP contribution in [0.4, 0.5) is 5.69 Å². The second kappa shape index (κ2) is 4.87. The summed E-state index contributed by atoms with van der Waals surface area (Å²) in [6.07, 6.45) is 0.771. The standard InChI is InChI=1S/C17H19NO7/c1-15(2)16(3)6-7-17(15,25-14(16)24)13(23)18-10-9(19)5-4-8(11(10)20)12(21)22/h4-5,19-20H,6-7H2,1-3H3,(H,18,23)(H,21,22)/t16?,17-/m1/s1. The summed E-state index contributed by atoms with van der Waals surface area (Å²) in [5.74, 6) is -3.84. The fourth-order valence-corrected chi connectivity index (χ4v) is 3.84. The molecule has 25 heavy (non-hydrogen) atoms. The van der Waals surface area contributed by atoms with Crippen LogP contribution in [-0.2, 0) is 14.3 Å². The van der Waals surface area contributed by atoms with Crippen LogP contribution in [0.15, 0.2) is 12.1 Å². The number of benzene rings is 1. The Labute approximate surface area is 143 Å². The van der Waals surface area contributed by atoms with Crippen molar-refractivity contribution >= 4 is 23.5 Å². The molecule has 1 aliphatic carbocycles. The summed E-state index contributed by atoms with van der Waals surface area (Å²) < 4.78 is 5.43. The number of esters is 1. The number of phenolic OH excluding ortho intramolecular Hbond substituents is 1. The van der Waals surface area contributed by atoms with Gasteiger partial charge < -0.3 is 25.4 Å². The number of carbonyl (C=O) groups is 3. The van der Waals surface area contributed by atoms with Crippen LogP contribution in [-0.4, -0.2) is 38.8 Å². The lowest BCUT2D eigenvalue weighted by Gasteiger charge is -2.35. The Morgan fingerprint density at radius 3 is 2.28 bits per heavy atom. The Balaban J connectivity index is 2.01. The van der Waals surface area contributed by atoms with Gasteiger partial charge in [-0.3, -0.25) is 9.59 Å². The molecular formula is C17H19NO7. The number of fused-ring (bicyclic) bond motifs is 2. The minimum atomic E-state index is -1.45. The van der Waals surface area contributed by atoms with Crippen molar-refractivity contribution in [1.82, 2.24) is 0 Å². The summed E-state index contributed by atoms with van der Waals surface area (Å²) in [7, 11) is 0. The molecule has 1 saturated heterocycles. The average Bonchev–Trinajstić information content (AvgIpc) is 2.81. The fraction of sp³-hybridized carbons (Fsp3) is 0.471. The number of amides is 1. The van der Waals surface area contributed by atoms with Crippen LogP contribution >= 0.6 is 0 Å². The molecule has 1 aromatic carbocycles. The molecule has 1 aromatic rings. The average molecular weight is 349 g/mol. The third kappa shape index (κ3) is 1.90. The second-order valence-electron chi connectivity index (χ2n) is 7.29. The van der Waals surface area contributed by atoms with Crippen molar-refractivity contribution in [1.29, 1.82) is 0 Å². The molecule has 8 nitrogen and oxygen atoms in total. The van der Waals surface area contributed by atoms with Crippen molar-refractivity contribution in [2.24, 2.45) is 10.8 Å². The molecule has 2 bridgehead atoms. The van der Waals surface area contributed by atoms with E-state index in [-0.39, 0.29) is 0 Å². The molecule has 0 spiro atoms. The number of hydrogen-bond acceptors (Lipinski definition) is 6. The molecule has 2 fully saturated rings. The van der Waals surface area contributed by atoms with Crippen molar-refractivity contribution in [2.45, 2.75) is 39.2 Å². The Morgan fingerprint density at radius 1 is 1.16 bits per heavy atom.